The molecule has 3 rings (SSSR count). The number of carbonyl (C=O) groups is 1. The van der Waals surface area contributed by atoms with E-state index in [2.05, 4.69) is 5.32 Å². The fourth-order valence-corrected chi connectivity index (χ4v) is 2.97. The van der Waals surface area contributed by atoms with Crippen molar-refractivity contribution in [2.45, 2.75) is 19.1 Å². The Morgan fingerprint density at radius 3 is 2.68 bits per heavy atom. The maximum Gasteiger partial charge on any atom is 0.271 e. The number of benzene rings is 1. The highest BCUT2D eigenvalue weighted by atomic mass is 16.3. The first-order chi connectivity index (χ1) is 9.18. The van der Waals surface area contributed by atoms with E-state index in [0.29, 0.717) is 12.0 Å². The second-order valence-corrected chi connectivity index (χ2v) is 5.04. The lowest BCUT2D eigenvalue weighted by molar-refractivity contribution is -0.185. The zero-order valence-electron chi connectivity index (χ0n) is 11.1. The summed E-state index contributed by atoms with van der Waals surface area (Å²) >= 11 is 0. The number of piperazine rings is 1. The smallest absolute Gasteiger partial charge is 0.271 e. The van der Waals surface area contributed by atoms with Crippen molar-refractivity contribution in [3.8, 4) is 0 Å². The van der Waals surface area contributed by atoms with Gasteiger partial charge in [-0.3, -0.25) is 4.79 Å². The number of fused-ring (bicyclic) bond motifs is 1. The Balaban J connectivity index is 2.03. The number of nitrogens with one attached hydrogen (secondary N) is 1. The highest BCUT2D eigenvalue weighted by Gasteiger charge is 2.50. The summed E-state index contributed by atoms with van der Waals surface area (Å²) in [6, 6.07) is 7.35. The van der Waals surface area contributed by atoms with Gasteiger partial charge in [-0.25, -0.2) is 10.0 Å². The zero-order chi connectivity index (χ0) is 13.5. The molecule has 0 aromatic heterocycles. The molecule has 1 amide bonds. The average Bonchev–Trinajstić information content (AvgIpc) is 2.70. The molecule has 0 saturated carbocycles. The molecule has 1 aromatic rings. The van der Waals surface area contributed by atoms with E-state index in [1.807, 2.05) is 30.1 Å². The SMILES string of the molecule is CCC1(O)c2ccccc2C(=O)N1N1CCNCC1. The Labute approximate surface area is 112 Å². The topological polar surface area (TPSA) is 55.8 Å². The molecule has 1 atom stereocenters. The average molecular weight is 261 g/mol. The molecule has 1 unspecified atom stereocenters. The van der Waals surface area contributed by atoms with E-state index in [-0.39, 0.29) is 5.91 Å². The Morgan fingerprint density at radius 1 is 1.32 bits per heavy atom. The van der Waals surface area contributed by atoms with Crippen LogP contribution >= 0.6 is 0 Å². The van der Waals surface area contributed by atoms with Crippen molar-refractivity contribution in [2.24, 2.45) is 0 Å². The Kier molecular flexibility index (Phi) is 3.05. The molecule has 1 fully saturated rings. The molecule has 2 aliphatic rings. The van der Waals surface area contributed by atoms with Crippen LogP contribution in [-0.4, -0.2) is 47.2 Å². The summed E-state index contributed by atoms with van der Waals surface area (Å²) in [7, 11) is 0. The second kappa shape index (κ2) is 4.59. The molecule has 0 radical (unpaired) electrons. The fourth-order valence-electron chi connectivity index (χ4n) is 2.97. The lowest BCUT2D eigenvalue weighted by Gasteiger charge is -2.43. The van der Waals surface area contributed by atoms with Gasteiger partial charge in [-0.1, -0.05) is 25.1 Å². The van der Waals surface area contributed by atoms with Gasteiger partial charge >= 0.3 is 0 Å². The van der Waals surface area contributed by atoms with Crippen molar-refractivity contribution < 1.29 is 9.90 Å². The lowest BCUT2D eigenvalue weighted by atomic mass is 9.99. The minimum absolute atomic E-state index is 0.0955. The summed E-state index contributed by atoms with van der Waals surface area (Å²) in [6.45, 7) is 5.05. The van der Waals surface area contributed by atoms with Crippen molar-refractivity contribution in [3.05, 3.63) is 35.4 Å². The Bertz CT molecular complexity index is 499. The van der Waals surface area contributed by atoms with Crippen molar-refractivity contribution in [2.75, 3.05) is 26.2 Å². The molecule has 2 aliphatic heterocycles. The predicted molar refractivity (Wildman–Crippen MR) is 71.2 cm³/mol. The van der Waals surface area contributed by atoms with Crippen LogP contribution in [0.4, 0.5) is 0 Å². The van der Waals surface area contributed by atoms with Gasteiger partial charge in [-0.15, -0.1) is 0 Å². The van der Waals surface area contributed by atoms with E-state index >= 15 is 0 Å². The van der Waals surface area contributed by atoms with E-state index in [1.54, 1.807) is 11.1 Å². The molecule has 1 aromatic carbocycles. The number of aliphatic hydroxyl groups is 1. The van der Waals surface area contributed by atoms with E-state index in [9.17, 15) is 9.90 Å². The zero-order valence-corrected chi connectivity index (χ0v) is 11.1. The number of hydrazine groups is 1. The van der Waals surface area contributed by atoms with Gasteiger partial charge in [-0.05, 0) is 12.5 Å². The first-order valence-corrected chi connectivity index (χ1v) is 6.80. The monoisotopic (exact) mass is 261 g/mol. The van der Waals surface area contributed by atoms with Gasteiger partial charge in [-0.2, -0.15) is 0 Å². The number of amides is 1. The van der Waals surface area contributed by atoms with Crippen LogP contribution in [0.5, 0.6) is 0 Å². The van der Waals surface area contributed by atoms with E-state index < -0.39 is 5.72 Å². The normalized spacial score (nSPS) is 27.7. The van der Waals surface area contributed by atoms with Crippen LogP contribution in [0.1, 0.15) is 29.3 Å². The number of nitrogens with zero attached hydrogens (tertiary/aromatic N) is 2. The van der Waals surface area contributed by atoms with Crippen LogP contribution in [0.15, 0.2) is 24.3 Å². The number of hydrogen-bond donors (Lipinski definition) is 2. The predicted octanol–water partition coefficient (Wildman–Crippen LogP) is 0.518. The van der Waals surface area contributed by atoms with Crippen LogP contribution < -0.4 is 5.32 Å². The summed E-state index contributed by atoms with van der Waals surface area (Å²) in [5.74, 6) is -0.0955. The van der Waals surface area contributed by atoms with E-state index in [1.165, 1.54) is 0 Å². The fraction of sp³-hybridized carbons (Fsp3) is 0.500. The summed E-state index contributed by atoms with van der Waals surface area (Å²) in [5, 5.41) is 17.8. The van der Waals surface area contributed by atoms with Crippen LogP contribution in [0, 0.1) is 0 Å². The first kappa shape index (κ1) is 12.6. The van der Waals surface area contributed by atoms with Gasteiger partial charge < -0.3 is 10.4 Å². The molecule has 0 aliphatic carbocycles. The van der Waals surface area contributed by atoms with Gasteiger partial charge in [0.05, 0.1) is 0 Å². The van der Waals surface area contributed by atoms with Crippen molar-refractivity contribution in [3.63, 3.8) is 0 Å². The molecule has 0 bridgehead atoms. The third-order valence-electron chi connectivity index (χ3n) is 4.00. The molecule has 0 spiro atoms. The molecule has 5 nitrogen and oxygen atoms in total. The number of carbonyl (C=O) groups excluding carboxylic acids is 1. The maximum absolute atomic E-state index is 12.6. The molecule has 102 valence electrons. The summed E-state index contributed by atoms with van der Waals surface area (Å²) < 4.78 is 0. The van der Waals surface area contributed by atoms with Crippen molar-refractivity contribution >= 4 is 5.91 Å². The third kappa shape index (κ3) is 1.77. The molecule has 2 heterocycles. The van der Waals surface area contributed by atoms with Crippen LogP contribution in [0.2, 0.25) is 0 Å². The minimum atomic E-state index is -1.20. The molecule has 5 heteroatoms. The largest absolute Gasteiger partial charge is 0.366 e. The third-order valence-corrected chi connectivity index (χ3v) is 4.00. The quantitative estimate of drug-likeness (QED) is 0.815. The number of rotatable bonds is 2. The molecule has 2 N–H and O–H groups in total. The van der Waals surface area contributed by atoms with Gasteiger partial charge in [0.2, 0.25) is 0 Å². The van der Waals surface area contributed by atoms with E-state index in [0.717, 1.165) is 31.7 Å². The highest BCUT2D eigenvalue weighted by molar-refractivity contribution is 5.99. The molecular weight excluding hydrogens is 242 g/mol. The molecular formula is C14H19N3O2. The lowest BCUT2D eigenvalue weighted by Crippen LogP contribution is -2.59. The Hall–Kier alpha value is -1.43. The minimum Gasteiger partial charge on any atom is -0.366 e. The van der Waals surface area contributed by atoms with Crippen LogP contribution in [0.3, 0.4) is 0 Å². The first-order valence-electron chi connectivity index (χ1n) is 6.80. The van der Waals surface area contributed by atoms with Crippen molar-refractivity contribution in [1.82, 2.24) is 15.3 Å². The molecule has 19 heavy (non-hydrogen) atoms. The number of hydrogen-bond acceptors (Lipinski definition) is 4. The summed E-state index contributed by atoms with van der Waals surface area (Å²) in [5.41, 5.74) is 0.136. The highest BCUT2D eigenvalue weighted by Crippen LogP contribution is 2.40. The van der Waals surface area contributed by atoms with Gasteiger partial charge in [0.15, 0.2) is 5.72 Å². The summed E-state index contributed by atoms with van der Waals surface area (Å²) in [4.78, 5) is 12.6. The van der Waals surface area contributed by atoms with E-state index in [4.69, 9.17) is 0 Å². The summed E-state index contributed by atoms with van der Waals surface area (Å²) in [6.07, 6.45) is 0.486. The van der Waals surface area contributed by atoms with Gasteiger partial charge in [0.25, 0.3) is 5.91 Å². The van der Waals surface area contributed by atoms with Crippen LogP contribution in [0.25, 0.3) is 0 Å². The van der Waals surface area contributed by atoms with Gasteiger partial charge in [0, 0.05) is 37.3 Å². The van der Waals surface area contributed by atoms with Crippen LogP contribution in [-0.2, 0) is 5.72 Å². The Morgan fingerprint density at radius 2 is 2.00 bits per heavy atom. The maximum atomic E-state index is 12.6. The standard InChI is InChI=1S/C14H19N3O2/c1-2-14(19)12-6-4-3-5-11(12)13(18)17(14)16-9-7-15-8-10-16/h3-6,15,19H,2,7-10H2,1H3. The van der Waals surface area contributed by atoms with Gasteiger partial charge in [0.1, 0.15) is 0 Å². The second-order valence-electron chi connectivity index (χ2n) is 5.04. The van der Waals surface area contributed by atoms with Crippen molar-refractivity contribution in [1.29, 1.82) is 0 Å². The molecule has 1 saturated heterocycles.